The first-order chi connectivity index (χ1) is 27.1. The molecule has 2 heterocycles. The number of hydrogen-bond donors (Lipinski definition) is 7. The number of halogens is 4. The number of amides is 3. The fraction of sp³-hybridized carbons (Fsp3) is 0.171. The van der Waals surface area contributed by atoms with E-state index in [0.717, 1.165) is 16.5 Å². The molecule has 1 saturated carbocycles. The van der Waals surface area contributed by atoms with Gasteiger partial charge in [0.15, 0.2) is 6.61 Å². The lowest BCUT2D eigenvalue weighted by atomic mass is 10.1. The van der Waals surface area contributed by atoms with Gasteiger partial charge in [0, 0.05) is 22.0 Å². The first-order valence-corrected chi connectivity index (χ1v) is 16.8. The maximum Gasteiger partial charge on any atom is 0.422 e. The number of rotatable bonds is 13. The number of nitrogens with one attached hydrogen (secondary N) is 4. The highest BCUT2D eigenvalue weighted by molar-refractivity contribution is 6.42. The summed E-state index contributed by atoms with van der Waals surface area (Å²) in [5.74, 6) is -6.45. The fourth-order valence-electron chi connectivity index (χ4n) is 5.11. The number of ether oxygens (including phenoxy) is 1. The van der Waals surface area contributed by atoms with Crippen molar-refractivity contribution in [2.75, 3.05) is 29.1 Å². The van der Waals surface area contributed by atoms with E-state index in [1.807, 2.05) is 0 Å². The predicted molar refractivity (Wildman–Crippen MR) is 195 cm³/mol. The van der Waals surface area contributed by atoms with E-state index in [1.165, 1.54) is 48.5 Å². The van der Waals surface area contributed by atoms with Gasteiger partial charge in [-0.3, -0.25) is 19.0 Å². The third kappa shape index (κ3) is 10.1. The molecule has 1 fully saturated rings. The number of hydrogen-bond acceptors (Lipinski definition) is 13. The summed E-state index contributed by atoms with van der Waals surface area (Å²) in [6, 6.07) is 17.3. The number of carbonyl (C=O) groups excluding carboxylic acids is 3. The normalized spacial score (nSPS) is 13.3. The molecule has 0 bridgehead atoms. The zero-order chi connectivity index (χ0) is 40.9. The zero-order valence-corrected chi connectivity index (χ0v) is 29.7. The second-order valence-corrected chi connectivity index (χ2v) is 12.6. The minimum absolute atomic E-state index is 0.0752. The number of carboxylic acids is 1. The molecule has 0 saturated heterocycles. The second-order valence-electron chi connectivity index (χ2n) is 12.2. The number of anilines is 4. The van der Waals surface area contributed by atoms with Crippen LogP contribution in [0, 0.1) is 0 Å². The van der Waals surface area contributed by atoms with Crippen LogP contribution in [-0.2, 0) is 19.9 Å². The molecule has 22 heteroatoms. The third-order valence-corrected chi connectivity index (χ3v) is 8.35. The number of aromatic hydroxyl groups is 2. The van der Waals surface area contributed by atoms with Gasteiger partial charge < -0.3 is 41.3 Å². The summed E-state index contributed by atoms with van der Waals surface area (Å²) in [5.41, 5.74) is 0.182. The summed E-state index contributed by atoms with van der Waals surface area (Å²) in [7, 11) is 0. The molecule has 3 aromatic carbocycles. The third-order valence-electron chi connectivity index (χ3n) is 8.10. The molecule has 0 radical (unpaired) electrons. The van der Waals surface area contributed by atoms with Crippen molar-refractivity contribution in [2.24, 2.45) is 4.99 Å². The minimum Gasteiger partial charge on any atom is -0.490 e. The molecule has 57 heavy (non-hydrogen) atoms. The number of aromatic nitrogens is 5. The summed E-state index contributed by atoms with van der Waals surface area (Å²) in [6.45, 7) is -2.46. The molecule has 0 atom stereocenters. The van der Waals surface area contributed by atoms with Crippen LogP contribution < -0.4 is 26.0 Å². The molecule has 294 valence electrons. The topological polar surface area (TPSA) is 255 Å². The van der Waals surface area contributed by atoms with Crippen molar-refractivity contribution in [3.63, 3.8) is 0 Å². The van der Waals surface area contributed by atoms with Crippen molar-refractivity contribution < 1.29 is 52.4 Å². The van der Waals surface area contributed by atoms with Gasteiger partial charge in [0.2, 0.25) is 11.9 Å². The number of benzene rings is 3. The molecule has 0 aliphatic heterocycles. The molecule has 5 aromatic rings. The Balaban J connectivity index is 1.08. The molecule has 6 rings (SSSR count). The Labute approximate surface area is 323 Å². The molecule has 18 nitrogen and oxygen atoms in total. The van der Waals surface area contributed by atoms with Gasteiger partial charge in [-0.2, -0.15) is 33.1 Å². The Morgan fingerprint density at radius 1 is 0.877 bits per heavy atom. The van der Waals surface area contributed by atoms with Crippen LogP contribution in [0.1, 0.15) is 28.8 Å². The predicted octanol–water partition coefficient (Wildman–Crippen LogP) is 4.33. The summed E-state index contributed by atoms with van der Waals surface area (Å²) < 4.78 is 44.8. The van der Waals surface area contributed by atoms with Gasteiger partial charge in [0.1, 0.15) is 12.0 Å². The highest BCUT2D eigenvalue weighted by atomic mass is 35.5. The molecular formula is C35H28ClF3N10O8. The second kappa shape index (κ2) is 16.2. The molecule has 2 aromatic heterocycles. The first-order valence-electron chi connectivity index (χ1n) is 16.4. The van der Waals surface area contributed by atoms with Gasteiger partial charge in [-0.1, -0.05) is 23.7 Å². The van der Waals surface area contributed by atoms with Crippen molar-refractivity contribution in [3.8, 4) is 23.5 Å². The van der Waals surface area contributed by atoms with Crippen LogP contribution in [-0.4, -0.2) is 88.6 Å². The van der Waals surface area contributed by atoms with E-state index in [0.29, 0.717) is 23.6 Å². The molecule has 7 N–H and O–H groups in total. The van der Waals surface area contributed by atoms with E-state index in [-0.39, 0.29) is 28.8 Å². The fourth-order valence-corrected chi connectivity index (χ4v) is 5.23. The Morgan fingerprint density at radius 2 is 1.53 bits per heavy atom. The van der Waals surface area contributed by atoms with E-state index >= 15 is 0 Å². The van der Waals surface area contributed by atoms with Gasteiger partial charge in [0.05, 0.1) is 17.8 Å². The Kier molecular flexibility index (Phi) is 11.2. The maximum atomic E-state index is 12.9. The molecular weight excluding hydrogens is 781 g/mol. The molecule has 1 aliphatic rings. The van der Waals surface area contributed by atoms with Crippen molar-refractivity contribution >= 4 is 64.3 Å². The number of alkyl halides is 3. The van der Waals surface area contributed by atoms with Gasteiger partial charge in [-0.25, -0.2) is 9.79 Å². The maximum absolute atomic E-state index is 12.9. The lowest BCUT2D eigenvalue weighted by Gasteiger charge is -2.19. The molecule has 3 amide bonds. The van der Waals surface area contributed by atoms with Gasteiger partial charge in [-0.05, 0) is 79.1 Å². The van der Waals surface area contributed by atoms with Crippen LogP contribution in [0.25, 0.3) is 5.69 Å². The molecule has 0 spiro atoms. The minimum atomic E-state index is -4.67. The monoisotopic (exact) mass is 808 g/mol. The van der Waals surface area contributed by atoms with E-state index in [2.05, 4.69) is 46.2 Å². The average Bonchev–Trinajstić information content (AvgIpc) is 3.88. The number of nitrogens with zero attached hydrogens (tertiary/aromatic N) is 6. The lowest BCUT2D eigenvalue weighted by Crippen LogP contribution is -2.40. The smallest absolute Gasteiger partial charge is 0.422 e. The average molecular weight is 809 g/mol. The Bertz CT molecular complexity index is 2350. The number of imidazole rings is 1. The summed E-state index contributed by atoms with van der Waals surface area (Å²) in [4.78, 5) is 68.8. The largest absolute Gasteiger partial charge is 0.490 e. The van der Waals surface area contributed by atoms with Crippen LogP contribution in [0.5, 0.6) is 17.8 Å². The lowest BCUT2D eigenvalue weighted by molar-refractivity contribution is -0.154. The zero-order valence-electron chi connectivity index (χ0n) is 28.9. The van der Waals surface area contributed by atoms with E-state index in [9.17, 15) is 47.7 Å². The highest BCUT2D eigenvalue weighted by Crippen LogP contribution is 2.48. The highest BCUT2D eigenvalue weighted by Gasteiger charge is 2.45. The van der Waals surface area contributed by atoms with Gasteiger partial charge >= 0.3 is 30.0 Å². The van der Waals surface area contributed by atoms with Crippen molar-refractivity contribution in [1.29, 1.82) is 0 Å². The van der Waals surface area contributed by atoms with Crippen LogP contribution in [0.15, 0.2) is 84.1 Å². The molecule has 0 unspecified atom stereocenters. The van der Waals surface area contributed by atoms with Crippen LogP contribution >= 0.6 is 11.6 Å². The number of carbonyl (C=O) groups is 4. The Hall–Kier alpha value is -7.29. The summed E-state index contributed by atoms with van der Waals surface area (Å²) >= 11 is 6.01. The summed E-state index contributed by atoms with van der Waals surface area (Å²) in [6.07, 6.45) is -2.16. The Morgan fingerprint density at radius 3 is 2.12 bits per heavy atom. The first kappa shape index (κ1) is 39.4. The van der Waals surface area contributed by atoms with E-state index < -0.39 is 72.0 Å². The number of aliphatic carboxylic acids is 1. The number of carboxylic acid groups (broad SMARTS) is 1. The standard InChI is InChI=1S/C35H28ClF3N10O8/c36-20-5-3-19(4-6-20)34(13-14-34)48-32-45-31(46-33(47-32)57-16-35(37,38)39)43-22-7-1-18(2-8-22)25(50)44-24(30(55)56)15-40-26(51)27(52)42-21-9-11-23(12-10-21)49-17-41-28(53)29(49)54/h1-12,17,53-54H,13-16H2,(H,40,51)(H,42,52)(H,55,56)(H2,43,45,46,47,48)/b44-24-. The van der Waals surface area contributed by atoms with Crippen molar-refractivity contribution in [3.05, 3.63) is 95.3 Å². The van der Waals surface area contributed by atoms with Crippen molar-refractivity contribution in [1.82, 2.24) is 29.8 Å². The number of aliphatic imine (C=N–C) groups is 1. The van der Waals surface area contributed by atoms with Crippen molar-refractivity contribution in [2.45, 2.75) is 24.6 Å². The van der Waals surface area contributed by atoms with Crippen LogP contribution in [0.4, 0.5) is 36.4 Å². The van der Waals surface area contributed by atoms with E-state index in [1.54, 1.807) is 24.3 Å². The quantitative estimate of drug-likeness (QED) is 0.0646. The van der Waals surface area contributed by atoms with Gasteiger partial charge in [0.25, 0.3) is 17.7 Å². The van der Waals surface area contributed by atoms with E-state index in [4.69, 9.17) is 16.3 Å². The summed E-state index contributed by atoms with van der Waals surface area (Å²) in [5, 5.41) is 39.7. The van der Waals surface area contributed by atoms with Crippen LogP contribution in [0.3, 0.4) is 0 Å². The molecule has 1 aliphatic carbocycles. The van der Waals surface area contributed by atoms with Gasteiger partial charge in [-0.15, -0.1) is 0 Å². The SMILES string of the molecule is O=C(NC/C(=N/C(=O)c1ccc(Nc2nc(NC3(c4ccc(Cl)cc4)CC3)nc(OCC(F)(F)F)n2)cc1)C(=O)O)C(=O)Nc1ccc(-n2cnc(O)c2O)cc1. The van der Waals surface area contributed by atoms with Crippen LogP contribution in [0.2, 0.25) is 5.02 Å².